The summed E-state index contributed by atoms with van der Waals surface area (Å²) in [5.74, 6) is 0.320. The lowest BCUT2D eigenvalue weighted by molar-refractivity contribution is -0.113. The van der Waals surface area contributed by atoms with Gasteiger partial charge in [-0.2, -0.15) is 0 Å². The lowest BCUT2D eigenvalue weighted by Gasteiger charge is -2.12. The lowest BCUT2D eigenvalue weighted by atomic mass is 10.1. The Morgan fingerprint density at radius 2 is 1.83 bits per heavy atom. The van der Waals surface area contributed by atoms with E-state index < -0.39 is 0 Å². The Kier molecular flexibility index (Phi) is 6.73. The first-order valence-corrected chi connectivity index (χ1v) is 12.9. The normalized spacial score (nSPS) is 14.9. The number of ether oxygens (including phenoxy) is 1. The number of aromatic nitrogens is 1. The number of amides is 2. The third kappa shape index (κ3) is 4.89. The fraction of sp³-hybridized carbons (Fsp3) is 0.111. The van der Waals surface area contributed by atoms with E-state index in [4.69, 9.17) is 16.3 Å². The van der Waals surface area contributed by atoms with Crippen molar-refractivity contribution >= 4 is 73.1 Å². The minimum absolute atomic E-state index is 0.303. The molecular weight excluding hydrogens is 548 g/mol. The van der Waals surface area contributed by atoms with Crippen molar-refractivity contribution in [3.05, 3.63) is 98.5 Å². The summed E-state index contributed by atoms with van der Waals surface area (Å²) < 4.78 is 8.88. The fourth-order valence-electron chi connectivity index (χ4n) is 3.94. The summed E-state index contributed by atoms with van der Waals surface area (Å²) in [4.78, 5) is 27.4. The van der Waals surface area contributed by atoms with Crippen molar-refractivity contribution in [3.8, 4) is 5.75 Å². The molecule has 2 amide bonds. The molecule has 0 radical (unpaired) electrons. The molecule has 0 aliphatic carbocycles. The average Bonchev–Trinajstić information content (AvgIpc) is 3.31. The summed E-state index contributed by atoms with van der Waals surface area (Å²) in [5.41, 5.74) is 3.49. The maximum atomic E-state index is 13.1. The molecule has 4 aromatic rings. The topological polar surface area (TPSA) is 51.5 Å². The van der Waals surface area contributed by atoms with Crippen molar-refractivity contribution in [2.45, 2.75) is 13.5 Å². The number of benzene rings is 3. The van der Waals surface area contributed by atoms with Gasteiger partial charge in [0.05, 0.1) is 22.2 Å². The van der Waals surface area contributed by atoms with E-state index in [0.717, 1.165) is 38.3 Å². The quantitative estimate of drug-likeness (QED) is 0.224. The Morgan fingerprint density at radius 1 is 1.06 bits per heavy atom. The van der Waals surface area contributed by atoms with E-state index in [-0.39, 0.29) is 11.1 Å². The number of para-hydroxylation sites is 1. The fourth-order valence-corrected chi connectivity index (χ4v) is 5.32. The van der Waals surface area contributed by atoms with E-state index in [2.05, 4.69) is 20.5 Å². The molecule has 35 heavy (non-hydrogen) atoms. The molecule has 8 heteroatoms. The van der Waals surface area contributed by atoms with Crippen LogP contribution in [0.4, 0.5) is 10.5 Å². The van der Waals surface area contributed by atoms with E-state index in [1.54, 1.807) is 24.3 Å². The van der Waals surface area contributed by atoms with Crippen LogP contribution in [0.1, 0.15) is 11.1 Å². The van der Waals surface area contributed by atoms with Crippen LogP contribution in [0.5, 0.6) is 5.75 Å². The van der Waals surface area contributed by atoms with Crippen LogP contribution in [0.15, 0.2) is 82.3 Å². The van der Waals surface area contributed by atoms with Crippen LogP contribution in [0.3, 0.4) is 0 Å². The number of imide groups is 1. The number of hydrogen-bond donors (Lipinski definition) is 0. The molecule has 3 aromatic carbocycles. The van der Waals surface area contributed by atoms with Gasteiger partial charge in [0.15, 0.2) is 0 Å². The van der Waals surface area contributed by atoms with Crippen molar-refractivity contribution < 1.29 is 14.3 Å². The SMILES string of the molecule is Cc1ccc(N2C(=O)S/C(=C\c3cn(CCOc4ccccc4Cl)c4ccc(Br)cc34)C2=O)cc1. The van der Waals surface area contributed by atoms with Crippen molar-refractivity contribution in [2.75, 3.05) is 11.5 Å². The molecule has 2 heterocycles. The van der Waals surface area contributed by atoms with Crippen LogP contribution >= 0.6 is 39.3 Å². The minimum atomic E-state index is -0.318. The van der Waals surface area contributed by atoms with Crippen LogP contribution in [-0.2, 0) is 11.3 Å². The smallest absolute Gasteiger partial charge is 0.298 e. The highest BCUT2D eigenvalue weighted by Gasteiger charge is 2.36. The van der Waals surface area contributed by atoms with Gasteiger partial charge >= 0.3 is 0 Å². The number of thioether (sulfide) groups is 1. The Labute approximate surface area is 220 Å². The summed E-state index contributed by atoms with van der Waals surface area (Å²) in [6.07, 6.45) is 3.77. The van der Waals surface area contributed by atoms with Gasteiger partial charge in [0.25, 0.3) is 11.1 Å². The average molecular weight is 568 g/mol. The molecular formula is C27H20BrClN2O3S. The highest BCUT2D eigenvalue weighted by molar-refractivity contribution is 9.10. The van der Waals surface area contributed by atoms with Gasteiger partial charge in [-0.15, -0.1) is 0 Å². The largest absolute Gasteiger partial charge is 0.490 e. The van der Waals surface area contributed by atoms with E-state index >= 15 is 0 Å². The molecule has 5 nitrogen and oxygen atoms in total. The number of aryl methyl sites for hydroxylation is 1. The molecule has 1 fully saturated rings. The second kappa shape index (κ2) is 9.93. The van der Waals surface area contributed by atoms with E-state index in [1.807, 2.05) is 61.7 Å². The zero-order chi connectivity index (χ0) is 24.5. The molecule has 5 rings (SSSR count). The highest BCUT2D eigenvalue weighted by Crippen LogP contribution is 2.37. The van der Waals surface area contributed by atoms with Crippen molar-refractivity contribution in [1.82, 2.24) is 4.57 Å². The molecule has 1 aliphatic heterocycles. The van der Waals surface area contributed by atoms with Crippen LogP contribution < -0.4 is 9.64 Å². The summed E-state index contributed by atoms with van der Waals surface area (Å²) in [6, 6.07) is 20.7. The predicted octanol–water partition coefficient (Wildman–Crippen LogP) is 7.69. The first kappa shape index (κ1) is 23.7. The van der Waals surface area contributed by atoms with Gasteiger partial charge in [0.2, 0.25) is 0 Å². The number of fused-ring (bicyclic) bond motifs is 1. The van der Waals surface area contributed by atoms with Gasteiger partial charge in [-0.05, 0) is 67.2 Å². The standard InChI is InChI=1S/C27H20BrClN2O3S/c1-17-6-9-20(10-7-17)31-26(32)25(35-27(31)33)14-18-16-30(23-11-8-19(28)15-21(18)23)12-13-34-24-5-3-2-4-22(24)29/h2-11,14-16H,12-13H2,1H3/b25-14-. The zero-order valence-electron chi connectivity index (χ0n) is 18.7. The zero-order valence-corrected chi connectivity index (χ0v) is 21.9. The van der Waals surface area contributed by atoms with Gasteiger partial charge in [-0.25, -0.2) is 4.90 Å². The molecule has 0 saturated carbocycles. The first-order chi connectivity index (χ1) is 16.9. The van der Waals surface area contributed by atoms with E-state index in [0.29, 0.717) is 34.5 Å². The maximum absolute atomic E-state index is 13.1. The lowest BCUT2D eigenvalue weighted by Crippen LogP contribution is -2.27. The molecule has 0 unspecified atom stereocenters. The molecule has 1 saturated heterocycles. The Balaban J connectivity index is 1.43. The number of rotatable bonds is 6. The van der Waals surface area contributed by atoms with Gasteiger partial charge < -0.3 is 9.30 Å². The number of halogens is 2. The number of carbonyl (C=O) groups is 2. The van der Waals surface area contributed by atoms with Gasteiger partial charge in [0, 0.05) is 27.1 Å². The van der Waals surface area contributed by atoms with Crippen molar-refractivity contribution in [1.29, 1.82) is 0 Å². The molecule has 1 aromatic heterocycles. The third-order valence-electron chi connectivity index (χ3n) is 5.67. The molecule has 176 valence electrons. The second-order valence-electron chi connectivity index (χ2n) is 8.07. The van der Waals surface area contributed by atoms with Gasteiger partial charge in [0.1, 0.15) is 12.4 Å². The van der Waals surface area contributed by atoms with Crippen molar-refractivity contribution in [3.63, 3.8) is 0 Å². The van der Waals surface area contributed by atoms with E-state index in [1.165, 1.54) is 4.90 Å². The number of nitrogens with zero attached hydrogens (tertiary/aromatic N) is 2. The van der Waals surface area contributed by atoms with Crippen LogP contribution in [-0.4, -0.2) is 22.3 Å². The predicted molar refractivity (Wildman–Crippen MR) is 146 cm³/mol. The van der Waals surface area contributed by atoms with Crippen LogP contribution in [0.2, 0.25) is 5.02 Å². The molecule has 0 bridgehead atoms. The van der Waals surface area contributed by atoms with Gasteiger partial charge in [-0.1, -0.05) is 57.4 Å². The van der Waals surface area contributed by atoms with Crippen LogP contribution in [0.25, 0.3) is 17.0 Å². The summed E-state index contributed by atoms with van der Waals surface area (Å²) in [5, 5.41) is 1.24. The van der Waals surface area contributed by atoms with E-state index in [9.17, 15) is 9.59 Å². The van der Waals surface area contributed by atoms with Crippen molar-refractivity contribution in [2.24, 2.45) is 0 Å². The summed E-state index contributed by atoms with van der Waals surface area (Å²) in [7, 11) is 0. The van der Waals surface area contributed by atoms with Gasteiger partial charge in [-0.3, -0.25) is 9.59 Å². The molecule has 0 atom stereocenters. The minimum Gasteiger partial charge on any atom is -0.490 e. The highest BCUT2D eigenvalue weighted by atomic mass is 79.9. The number of carbonyl (C=O) groups excluding carboxylic acids is 2. The number of anilines is 1. The summed E-state index contributed by atoms with van der Waals surface area (Å²) in [6.45, 7) is 2.97. The Hall–Kier alpha value is -3.00. The number of hydrogen-bond acceptors (Lipinski definition) is 4. The Morgan fingerprint density at radius 3 is 2.60 bits per heavy atom. The van der Waals surface area contributed by atoms with Crippen LogP contribution in [0, 0.1) is 6.92 Å². The first-order valence-electron chi connectivity index (χ1n) is 10.9. The monoisotopic (exact) mass is 566 g/mol. The molecule has 0 N–H and O–H groups in total. The third-order valence-corrected chi connectivity index (χ3v) is 7.35. The summed E-state index contributed by atoms with van der Waals surface area (Å²) >= 11 is 10.7. The molecule has 1 aliphatic rings. The Bertz CT molecular complexity index is 1480. The molecule has 0 spiro atoms. The second-order valence-corrected chi connectivity index (χ2v) is 10.4. The maximum Gasteiger partial charge on any atom is 0.298 e.